The van der Waals surface area contributed by atoms with Gasteiger partial charge in [0.15, 0.2) is 0 Å². The highest BCUT2D eigenvalue weighted by Crippen LogP contribution is 2.29. The van der Waals surface area contributed by atoms with Crippen molar-refractivity contribution in [3.63, 3.8) is 0 Å². The number of benzene rings is 3. The molecule has 184 valence electrons. The zero-order valence-electron chi connectivity index (χ0n) is 20.1. The van der Waals surface area contributed by atoms with Crippen molar-refractivity contribution < 1.29 is 13.2 Å². The fraction of sp³-hybridized carbons (Fsp3) is 0.321. The quantitative estimate of drug-likeness (QED) is 0.360. The Kier molecular flexibility index (Phi) is 8.65. The van der Waals surface area contributed by atoms with Gasteiger partial charge in [0.2, 0.25) is 10.0 Å². The van der Waals surface area contributed by atoms with Crippen molar-refractivity contribution in [1.29, 1.82) is 0 Å². The molecule has 7 heteroatoms. The lowest BCUT2D eigenvalue weighted by molar-refractivity contribution is 0.0758. The maximum absolute atomic E-state index is 13.9. The highest BCUT2D eigenvalue weighted by atomic mass is 32.2. The van der Waals surface area contributed by atoms with Crippen molar-refractivity contribution in [3.8, 4) is 0 Å². The van der Waals surface area contributed by atoms with Gasteiger partial charge in [0.25, 0.3) is 5.91 Å². The van der Waals surface area contributed by atoms with E-state index in [1.807, 2.05) is 71.8 Å². The molecular formula is C28H32N2O3S2. The van der Waals surface area contributed by atoms with Crippen LogP contribution in [0.4, 0.5) is 0 Å². The topological polar surface area (TPSA) is 57.7 Å². The molecule has 5 nitrogen and oxygen atoms in total. The van der Waals surface area contributed by atoms with E-state index in [2.05, 4.69) is 0 Å². The Hall–Kier alpha value is -2.61. The van der Waals surface area contributed by atoms with Crippen LogP contribution in [0.25, 0.3) is 0 Å². The number of likely N-dealkylation sites (tertiary alicyclic amines) is 1. The van der Waals surface area contributed by atoms with Crippen LogP contribution in [0.2, 0.25) is 0 Å². The number of carbonyl (C=O) groups excluding carboxylic acids is 1. The molecule has 0 N–H and O–H groups in total. The van der Waals surface area contributed by atoms with Gasteiger partial charge in [-0.05, 0) is 48.4 Å². The van der Waals surface area contributed by atoms with E-state index in [9.17, 15) is 13.2 Å². The molecule has 1 saturated heterocycles. The molecular weight excluding hydrogens is 476 g/mol. The molecule has 0 atom stereocenters. The van der Waals surface area contributed by atoms with Crippen LogP contribution >= 0.6 is 11.8 Å². The summed E-state index contributed by atoms with van der Waals surface area (Å²) in [6, 6.07) is 24.2. The van der Waals surface area contributed by atoms with Crippen molar-refractivity contribution in [2.24, 2.45) is 0 Å². The summed E-state index contributed by atoms with van der Waals surface area (Å²) >= 11 is 1.47. The van der Waals surface area contributed by atoms with Gasteiger partial charge in [0.05, 0.1) is 10.5 Å². The molecule has 3 aromatic rings. The van der Waals surface area contributed by atoms with Crippen LogP contribution in [0.3, 0.4) is 0 Å². The summed E-state index contributed by atoms with van der Waals surface area (Å²) in [6.07, 6.45) is 6.14. The van der Waals surface area contributed by atoms with E-state index in [4.69, 9.17) is 0 Å². The molecule has 0 radical (unpaired) electrons. The van der Waals surface area contributed by atoms with E-state index < -0.39 is 10.0 Å². The molecule has 1 aliphatic heterocycles. The molecule has 35 heavy (non-hydrogen) atoms. The lowest BCUT2D eigenvalue weighted by Gasteiger charge is -2.24. The molecule has 1 heterocycles. The monoisotopic (exact) mass is 508 g/mol. The van der Waals surface area contributed by atoms with Crippen LogP contribution < -0.4 is 0 Å². The lowest BCUT2D eigenvalue weighted by Crippen LogP contribution is -2.33. The van der Waals surface area contributed by atoms with Crippen LogP contribution in [0.5, 0.6) is 0 Å². The van der Waals surface area contributed by atoms with Crippen molar-refractivity contribution in [2.75, 3.05) is 19.3 Å². The average molecular weight is 509 g/mol. The van der Waals surface area contributed by atoms with E-state index >= 15 is 0 Å². The highest BCUT2D eigenvalue weighted by molar-refractivity contribution is 7.98. The number of thioether (sulfide) groups is 1. The Morgan fingerprint density at radius 3 is 1.89 bits per heavy atom. The molecule has 4 rings (SSSR count). The van der Waals surface area contributed by atoms with Crippen LogP contribution in [0.15, 0.2) is 88.7 Å². The summed E-state index contributed by atoms with van der Waals surface area (Å²) in [4.78, 5) is 16.3. The maximum Gasteiger partial charge on any atom is 0.255 e. The largest absolute Gasteiger partial charge is 0.339 e. The Bertz CT molecular complexity index is 1180. The third-order valence-electron chi connectivity index (χ3n) is 6.34. The Balaban J connectivity index is 1.70. The minimum absolute atomic E-state index is 0.0778. The number of amides is 1. The van der Waals surface area contributed by atoms with Crippen molar-refractivity contribution in [1.82, 2.24) is 9.21 Å². The lowest BCUT2D eigenvalue weighted by atomic mass is 10.2. The first-order chi connectivity index (χ1) is 17.0. The normalized spacial score (nSPS) is 14.6. The Morgan fingerprint density at radius 1 is 0.829 bits per heavy atom. The van der Waals surface area contributed by atoms with E-state index in [1.165, 1.54) is 16.1 Å². The fourth-order valence-corrected chi connectivity index (χ4v) is 6.42. The molecule has 1 fully saturated rings. The highest BCUT2D eigenvalue weighted by Gasteiger charge is 2.28. The van der Waals surface area contributed by atoms with E-state index in [1.54, 1.807) is 18.2 Å². The van der Waals surface area contributed by atoms with Crippen LogP contribution in [0.1, 0.15) is 47.2 Å². The van der Waals surface area contributed by atoms with Gasteiger partial charge in [-0.25, -0.2) is 8.42 Å². The minimum Gasteiger partial charge on any atom is -0.339 e. The van der Waals surface area contributed by atoms with Gasteiger partial charge in [-0.2, -0.15) is 4.31 Å². The molecule has 0 aliphatic carbocycles. The van der Waals surface area contributed by atoms with Gasteiger partial charge in [0, 0.05) is 31.1 Å². The summed E-state index contributed by atoms with van der Waals surface area (Å²) in [5.74, 6) is -0.0778. The standard InChI is InChI=1S/C28H32N2O3S2/c1-34-27-17-16-25(20-26(27)28(31)29-18-10-2-3-11-19-29)35(32,33)30(21-23-12-6-4-7-13-23)22-24-14-8-5-9-15-24/h4-9,12-17,20H,2-3,10-11,18-19,21-22H2,1H3. The molecule has 1 amide bonds. The Morgan fingerprint density at radius 2 is 1.37 bits per heavy atom. The Labute approximate surface area is 213 Å². The molecule has 0 bridgehead atoms. The first-order valence-corrected chi connectivity index (χ1v) is 14.7. The number of hydrogen-bond acceptors (Lipinski definition) is 4. The van der Waals surface area contributed by atoms with E-state index in [-0.39, 0.29) is 23.9 Å². The van der Waals surface area contributed by atoms with Crippen LogP contribution in [0, 0.1) is 0 Å². The van der Waals surface area contributed by atoms with Crippen LogP contribution in [-0.2, 0) is 23.1 Å². The average Bonchev–Trinajstić information content (AvgIpc) is 3.18. The van der Waals surface area contributed by atoms with Gasteiger partial charge in [-0.1, -0.05) is 73.5 Å². The van der Waals surface area contributed by atoms with Gasteiger partial charge in [-0.3, -0.25) is 4.79 Å². The second-order valence-corrected chi connectivity index (χ2v) is 11.6. The molecule has 0 saturated carbocycles. The molecule has 0 aromatic heterocycles. The van der Waals surface area contributed by atoms with Gasteiger partial charge in [0.1, 0.15) is 0 Å². The van der Waals surface area contributed by atoms with Crippen molar-refractivity contribution >= 4 is 27.7 Å². The fourth-order valence-electron chi connectivity index (χ4n) is 4.41. The second kappa shape index (κ2) is 11.9. The zero-order valence-corrected chi connectivity index (χ0v) is 21.7. The molecule has 3 aromatic carbocycles. The summed E-state index contributed by atoms with van der Waals surface area (Å²) in [7, 11) is -3.86. The molecule has 0 spiro atoms. The summed E-state index contributed by atoms with van der Waals surface area (Å²) in [6.45, 7) is 1.94. The predicted octanol–water partition coefficient (Wildman–Crippen LogP) is 5.82. The third-order valence-corrected chi connectivity index (χ3v) is 8.92. The van der Waals surface area contributed by atoms with E-state index in [0.717, 1.165) is 54.8 Å². The van der Waals surface area contributed by atoms with E-state index in [0.29, 0.717) is 5.56 Å². The predicted molar refractivity (Wildman–Crippen MR) is 142 cm³/mol. The van der Waals surface area contributed by atoms with Crippen molar-refractivity contribution in [3.05, 3.63) is 95.6 Å². The molecule has 1 aliphatic rings. The first kappa shape index (κ1) is 25.5. The number of nitrogens with zero attached hydrogens (tertiary/aromatic N) is 2. The number of hydrogen-bond donors (Lipinski definition) is 0. The minimum atomic E-state index is -3.86. The summed E-state index contributed by atoms with van der Waals surface area (Å²) in [5.41, 5.74) is 2.29. The SMILES string of the molecule is CSc1ccc(S(=O)(=O)N(Cc2ccccc2)Cc2ccccc2)cc1C(=O)N1CCCCCC1. The number of rotatable bonds is 8. The van der Waals surface area contributed by atoms with Gasteiger partial charge < -0.3 is 4.90 Å². The van der Waals surface area contributed by atoms with Crippen LogP contribution in [-0.4, -0.2) is 42.9 Å². The van der Waals surface area contributed by atoms with Gasteiger partial charge in [-0.15, -0.1) is 11.8 Å². The molecule has 0 unspecified atom stereocenters. The second-order valence-electron chi connectivity index (χ2n) is 8.81. The first-order valence-electron chi connectivity index (χ1n) is 12.0. The maximum atomic E-state index is 13.9. The smallest absolute Gasteiger partial charge is 0.255 e. The summed E-state index contributed by atoms with van der Waals surface area (Å²) in [5, 5.41) is 0. The summed E-state index contributed by atoms with van der Waals surface area (Å²) < 4.78 is 29.4. The number of carbonyl (C=O) groups is 1. The third kappa shape index (κ3) is 6.34. The van der Waals surface area contributed by atoms with Gasteiger partial charge >= 0.3 is 0 Å². The number of sulfonamides is 1. The van der Waals surface area contributed by atoms with Crippen molar-refractivity contribution in [2.45, 2.75) is 48.6 Å². The zero-order chi connectivity index (χ0) is 24.7.